The molecule has 0 aromatic heterocycles. The molecule has 0 saturated carbocycles. The molecule has 4 aromatic carbocycles. The zero-order valence-corrected chi connectivity index (χ0v) is 27.5. The summed E-state index contributed by atoms with van der Waals surface area (Å²) in [7, 11) is 0. The molecule has 0 spiro atoms. The van der Waals surface area contributed by atoms with Gasteiger partial charge in [0.05, 0.1) is 12.2 Å². The van der Waals surface area contributed by atoms with Gasteiger partial charge in [-0.3, -0.25) is 0 Å². The smallest absolute Gasteiger partial charge is 0.338 e. The van der Waals surface area contributed by atoms with E-state index in [0.717, 1.165) is 0 Å². The molecule has 2 N–H and O–H groups in total. The number of ether oxygens (including phenoxy) is 2. The molecule has 0 aliphatic heterocycles. The maximum Gasteiger partial charge on any atom is 0.338 e. The molecule has 40 heavy (non-hydrogen) atoms. The molecular weight excluding hydrogens is 576 g/mol. The Morgan fingerprint density at radius 2 is 0.675 bits per heavy atom. The van der Waals surface area contributed by atoms with Crippen molar-refractivity contribution in [1.82, 2.24) is 0 Å². The molecule has 0 fully saturated rings. The molecule has 0 radical (unpaired) electrons. The van der Waals surface area contributed by atoms with Gasteiger partial charge in [0, 0.05) is 43.4 Å². The second-order valence-electron chi connectivity index (χ2n) is 7.71. The number of aliphatic hydroxyl groups excluding tert-OH is 2. The molecule has 0 saturated heterocycles. The van der Waals surface area contributed by atoms with Gasteiger partial charge >= 0.3 is 11.9 Å². The molecule has 6 nitrogen and oxygen atoms in total. The Morgan fingerprint density at radius 1 is 0.500 bits per heavy atom. The molecule has 0 heterocycles. The van der Waals surface area contributed by atoms with Crippen molar-refractivity contribution in [3.63, 3.8) is 0 Å². The van der Waals surface area contributed by atoms with Crippen molar-refractivity contribution < 1.29 is 72.7 Å². The topological polar surface area (TPSA) is 93.1 Å². The molecule has 2 unspecified atom stereocenters. The number of rotatable bonds is 5. The summed E-state index contributed by atoms with van der Waals surface area (Å²) in [6.45, 7) is 6.35. The van der Waals surface area contributed by atoms with E-state index in [9.17, 15) is 19.8 Å². The number of hydrogen-bond acceptors (Lipinski definition) is 6. The number of esters is 2. The third-order valence-electron chi connectivity index (χ3n) is 3.71. The fraction of sp³-hybridized carbons (Fsp3) is 0.250. The van der Waals surface area contributed by atoms with Crippen molar-refractivity contribution in [1.29, 1.82) is 0 Å². The van der Waals surface area contributed by atoms with Crippen LogP contribution in [0.2, 0.25) is 0 Å². The monoisotopic (exact) mass is 620 g/mol. The van der Waals surface area contributed by atoms with E-state index < -0.39 is 36.4 Å². The summed E-state index contributed by atoms with van der Waals surface area (Å²) >= 11 is 0. The number of aliphatic hydroxyl groups is 2. The van der Waals surface area contributed by atoms with Gasteiger partial charge in [-0.25, -0.2) is 58.1 Å². The largest absolute Gasteiger partial charge is 0.461 e. The summed E-state index contributed by atoms with van der Waals surface area (Å²) in [4.78, 5) is 22.3. The predicted molar refractivity (Wildman–Crippen MR) is 155 cm³/mol. The normalized spacial score (nSPS) is 9.90. The standard InChI is InChI=1S/C10H18O6.4C5H5.2CH3.2Ti/c1-5(2)15-9(13)7(11)8(12)10(14)16-6(3)4;4*1-2-4-5-3-1;;;;/h5-8,11-12H,1-4H3;4*1-5H;2*1H3;;/q;6*-1;;. The Morgan fingerprint density at radius 3 is 0.775 bits per heavy atom. The van der Waals surface area contributed by atoms with Gasteiger partial charge in [0.1, 0.15) is 0 Å². The summed E-state index contributed by atoms with van der Waals surface area (Å²) < 4.78 is 9.26. The van der Waals surface area contributed by atoms with E-state index >= 15 is 0 Å². The molecule has 8 heteroatoms. The molecule has 0 aliphatic rings. The summed E-state index contributed by atoms with van der Waals surface area (Å²) in [6, 6.07) is 40.0. The molecule has 222 valence electrons. The van der Waals surface area contributed by atoms with Crippen LogP contribution < -0.4 is 0 Å². The van der Waals surface area contributed by atoms with Crippen LogP contribution in [0.15, 0.2) is 121 Å². The van der Waals surface area contributed by atoms with Crippen LogP contribution in [0.4, 0.5) is 0 Å². The van der Waals surface area contributed by atoms with Crippen LogP contribution in [0.25, 0.3) is 0 Å². The minimum Gasteiger partial charge on any atom is -0.461 e. The van der Waals surface area contributed by atoms with Crippen molar-refractivity contribution in [3.8, 4) is 0 Å². The average molecular weight is 620 g/mol. The van der Waals surface area contributed by atoms with Gasteiger partial charge in [0.25, 0.3) is 0 Å². The first-order valence-corrected chi connectivity index (χ1v) is 11.7. The van der Waals surface area contributed by atoms with Gasteiger partial charge in [0.15, 0.2) is 12.2 Å². The zero-order valence-electron chi connectivity index (χ0n) is 24.4. The van der Waals surface area contributed by atoms with Gasteiger partial charge in [-0.2, -0.15) is 72.8 Å². The summed E-state index contributed by atoms with van der Waals surface area (Å²) in [6.07, 6.45) is -4.71. The zero-order chi connectivity index (χ0) is 27.0. The van der Waals surface area contributed by atoms with E-state index in [-0.39, 0.29) is 58.3 Å². The maximum absolute atomic E-state index is 11.1. The van der Waals surface area contributed by atoms with Crippen LogP contribution in [-0.2, 0) is 62.5 Å². The van der Waals surface area contributed by atoms with Crippen LogP contribution >= 0.6 is 0 Å². The Kier molecular flexibility index (Phi) is 39.0. The third-order valence-corrected chi connectivity index (χ3v) is 3.71. The number of hydrogen-bond donors (Lipinski definition) is 2. The van der Waals surface area contributed by atoms with Crippen molar-refractivity contribution >= 4 is 11.9 Å². The first-order valence-electron chi connectivity index (χ1n) is 11.7. The number of carbonyl (C=O) groups excluding carboxylic acids is 2. The predicted octanol–water partition coefficient (Wildman–Crippen LogP) is 6.13. The molecule has 4 aromatic rings. The van der Waals surface area contributed by atoms with Crippen molar-refractivity contribution in [2.45, 2.75) is 52.1 Å². The van der Waals surface area contributed by atoms with Crippen LogP contribution in [0.1, 0.15) is 27.7 Å². The van der Waals surface area contributed by atoms with Crippen LogP contribution in [0, 0.1) is 14.9 Å². The molecular formula is C32H44O6Ti2-6. The van der Waals surface area contributed by atoms with Crippen LogP contribution in [0.5, 0.6) is 0 Å². The van der Waals surface area contributed by atoms with Gasteiger partial charge in [-0.15, -0.1) is 0 Å². The van der Waals surface area contributed by atoms with Crippen LogP contribution in [0.3, 0.4) is 0 Å². The Bertz CT molecular complexity index is 717. The Hall–Kier alpha value is -2.31. The van der Waals surface area contributed by atoms with E-state index in [1.807, 2.05) is 121 Å². The van der Waals surface area contributed by atoms with E-state index in [4.69, 9.17) is 0 Å². The van der Waals surface area contributed by atoms with E-state index in [0.29, 0.717) is 0 Å². The SMILES string of the molecule is CC(C)OC(=O)C(O)C(O)C(=O)OC(C)C.[CH3-].[CH3-].[Ti].[Ti].c1cc[cH-]c1.c1cc[cH-]c1.c1cc[cH-]c1.c1cc[cH-]c1. The molecule has 4 rings (SSSR count). The third kappa shape index (κ3) is 30.2. The first kappa shape index (κ1) is 47.5. The first-order chi connectivity index (χ1) is 17.3. The van der Waals surface area contributed by atoms with Crippen molar-refractivity contribution in [3.05, 3.63) is 136 Å². The van der Waals surface area contributed by atoms with Gasteiger partial charge in [0.2, 0.25) is 0 Å². The van der Waals surface area contributed by atoms with Gasteiger partial charge < -0.3 is 34.5 Å². The molecule has 2 atom stereocenters. The van der Waals surface area contributed by atoms with Crippen molar-refractivity contribution in [2.75, 3.05) is 0 Å². The second kappa shape index (κ2) is 32.9. The summed E-state index contributed by atoms with van der Waals surface area (Å²) in [5, 5.41) is 18.6. The maximum atomic E-state index is 11.1. The van der Waals surface area contributed by atoms with E-state index in [1.54, 1.807) is 27.7 Å². The summed E-state index contributed by atoms with van der Waals surface area (Å²) in [5.41, 5.74) is 0. The molecule has 0 aliphatic carbocycles. The molecule has 0 amide bonds. The summed E-state index contributed by atoms with van der Waals surface area (Å²) in [5.74, 6) is -2.11. The Labute approximate surface area is 271 Å². The number of carbonyl (C=O) groups is 2. The minimum absolute atomic E-state index is 0. The van der Waals surface area contributed by atoms with Crippen LogP contribution in [-0.4, -0.2) is 46.6 Å². The minimum atomic E-state index is -1.92. The average Bonchev–Trinajstić information content (AvgIpc) is 3.67. The van der Waals surface area contributed by atoms with Gasteiger partial charge in [-0.1, -0.05) is 0 Å². The fourth-order valence-electron chi connectivity index (χ4n) is 2.14. The second-order valence-corrected chi connectivity index (χ2v) is 7.71. The van der Waals surface area contributed by atoms with E-state index in [2.05, 4.69) is 9.47 Å². The molecule has 0 bridgehead atoms. The van der Waals surface area contributed by atoms with Crippen molar-refractivity contribution in [2.24, 2.45) is 0 Å². The Balaban J connectivity index is -0.000000140. The quantitative estimate of drug-likeness (QED) is 0.159. The fourth-order valence-corrected chi connectivity index (χ4v) is 2.14. The van der Waals surface area contributed by atoms with Gasteiger partial charge in [-0.05, 0) is 27.7 Å². The van der Waals surface area contributed by atoms with E-state index in [1.165, 1.54) is 0 Å².